The number of benzene rings is 3. The molecule has 21 nitrogen and oxygen atoms in total. The summed E-state index contributed by atoms with van der Waals surface area (Å²) in [6.45, 7) is 21.9. The second-order valence-corrected chi connectivity index (χ2v) is 24.4. The van der Waals surface area contributed by atoms with Crippen LogP contribution >= 0.6 is 0 Å². The van der Waals surface area contributed by atoms with Crippen LogP contribution in [0.5, 0.6) is 5.75 Å². The lowest BCUT2D eigenvalue weighted by Crippen LogP contribution is -2.59. The number of esters is 2. The van der Waals surface area contributed by atoms with Crippen LogP contribution in [0.1, 0.15) is 128 Å². The Morgan fingerprint density at radius 2 is 1.34 bits per heavy atom. The van der Waals surface area contributed by atoms with Gasteiger partial charge in [-0.2, -0.15) is 0 Å². The Hall–Kier alpha value is -7.23. The van der Waals surface area contributed by atoms with Gasteiger partial charge in [-0.3, -0.25) is 33.8 Å². The molecule has 434 valence electrons. The molecule has 22 heteroatoms. The third-order valence-electron chi connectivity index (χ3n) is 12.5. The summed E-state index contributed by atoms with van der Waals surface area (Å²) in [5.41, 5.74) is 7.65. The van der Waals surface area contributed by atoms with E-state index in [1.807, 2.05) is 27.7 Å². The van der Waals surface area contributed by atoms with Crippen LogP contribution in [0.15, 0.2) is 70.6 Å². The molecule has 1 heterocycles. The minimum atomic E-state index is -4.23. The number of nitrogens with zero attached hydrogens (tertiary/aromatic N) is 2. The Balaban J connectivity index is 1.60. The zero-order valence-corrected chi connectivity index (χ0v) is 49.0. The Labute approximate surface area is 465 Å². The van der Waals surface area contributed by atoms with Gasteiger partial charge in [0.1, 0.15) is 59.9 Å². The number of hydrogen-bond acceptors (Lipinski definition) is 14. The molecule has 1 aliphatic heterocycles. The predicted molar refractivity (Wildman–Crippen MR) is 298 cm³/mol. The molecule has 3 aromatic rings. The maximum absolute atomic E-state index is 14.8. The summed E-state index contributed by atoms with van der Waals surface area (Å²) >= 11 is 0. The first-order valence-electron chi connectivity index (χ1n) is 26.4. The smallest absolute Gasteiger partial charge is 0.408 e. The molecule has 0 aliphatic carbocycles. The fourth-order valence-electron chi connectivity index (χ4n) is 8.79. The van der Waals surface area contributed by atoms with Crippen molar-refractivity contribution in [1.29, 1.82) is 0 Å². The number of rotatable bonds is 24. The molecular weight excluding hydrogens is 1040 g/mol. The number of carbonyl (C=O) groups excluding carboxylic acids is 7. The number of nitrogens with two attached hydrogens (primary N) is 1. The van der Waals surface area contributed by atoms with Gasteiger partial charge in [-0.25, -0.2) is 17.9 Å². The molecule has 0 saturated carbocycles. The second kappa shape index (κ2) is 27.6. The molecule has 5 amide bonds. The third-order valence-corrected chi connectivity index (χ3v) is 14.2. The first-order chi connectivity index (χ1) is 36.7. The molecule has 3 aromatic carbocycles. The minimum absolute atomic E-state index is 0.0666. The molecule has 7 N–H and O–H groups in total. The highest BCUT2D eigenvalue weighted by Crippen LogP contribution is 2.43. The van der Waals surface area contributed by atoms with E-state index in [4.69, 9.17) is 24.7 Å². The normalized spacial score (nSPS) is 14.7. The van der Waals surface area contributed by atoms with Gasteiger partial charge < -0.3 is 50.8 Å². The van der Waals surface area contributed by atoms with Crippen molar-refractivity contribution in [2.24, 2.45) is 16.6 Å². The Morgan fingerprint density at radius 1 is 0.759 bits per heavy atom. The lowest BCUT2D eigenvalue weighted by atomic mass is 9.94. The van der Waals surface area contributed by atoms with E-state index < -0.39 is 112 Å². The van der Waals surface area contributed by atoms with Crippen molar-refractivity contribution in [2.45, 2.75) is 181 Å². The van der Waals surface area contributed by atoms with E-state index in [-0.39, 0.29) is 49.6 Å². The molecule has 0 bridgehead atoms. The molecule has 79 heavy (non-hydrogen) atoms. The van der Waals surface area contributed by atoms with Gasteiger partial charge >= 0.3 is 18.0 Å². The highest BCUT2D eigenvalue weighted by atomic mass is 32.2. The Bertz CT molecular complexity index is 2810. The summed E-state index contributed by atoms with van der Waals surface area (Å²) in [6, 6.07) is 12.1. The standard InChI is InChI=1S/C57H82N8O13S/c1-34(2)28-44(65(14)52(71)43(29-38-22-17-15-18-23-38)62-50(69)42(63-54(72)78-56(9,10)11)30-45(66)75-33-39-24-19-16-20-25-39)51(70)61-41(49(68)60-32-46(67)76-55(6,7)8)26-21-27-59-53(58)64-79(73,74)48-36(4)35(3)47-40(37(48)5)31-57(12,13)77-47/h15-20,22-25,34,41-44H,21,26-33H2,1-14H3,(H,60,68)(H,61,70)(H,62,69)(H,63,72)(H3,58,59,64)/t41-,42-,43+,44-/m0/s1. The van der Waals surface area contributed by atoms with E-state index in [2.05, 4.69) is 31.0 Å². The van der Waals surface area contributed by atoms with Gasteiger partial charge in [0.05, 0.1) is 11.3 Å². The molecule has 0 unspecified atom stereocenters. The first-order valence-corrected chi connectivity index (χ1v) is 27.9. The molecule has 4 rings (SSSR count). The number of amides is 5. The van der Waals surface area contributed by atoms with Gasteiger partial charge in [-0.05, 0) is 129 Å². The number of likely N-dealkylation sites (N-methyl/N-ethyl adjacent to an activating group) is 1. The lowest BCUT2D eigenvalue weighted by molar-refractivity contribution is -0.154. The first kappa shape index (κ1) is 64.3. The summed E-state index contributed by atoms with van der Waals surface area (Å²) in [7, 11) is -2.85. The summed E-state index contributed by atoms with van der Waals surface area (Å²) in [5.74, 6) is -4.67. The molecule has 0 aromatic heterocycles. The average molecular weight is 1120 g/mol. The largest absolute Gasteiger partial charge is 0.487 e. The maximum Gasteiger partial charge on any atom is 0.408 e. The number of nitrogens with one attached hydrogen (secondary N) is 5. The van der Waals surface area contributed by atoms with Gasteiger partial charge in [0.2, 0.25) is 29.6 Å². The van der Waals surface area contributed by atoms with Gasteiger partial charge in [0.15, 0.2) is 0 Å². The lowest BCUT2D eigenvalue weighted by Gasteiger charge is -2.33. The van der Waals surface area contributed by atoms with Crippen LogP contribution in [0.4, 0.5) is 4.79 Å². The van der Waals surface area contributed by atoms with Gasteiger partial charge in [-0.1, -0.05) is 74.5 Å². The van der Waals surface area contributed by atoms with Gasteiger partial charge in [0.25, 0.3) is 10.0 Å². The molecule has 4 atom stereocenters. The number of guanidine groups is 1. The molecule has 0 fully saturated rings. The van der Waals surface area contributed by atoms with Crippen LogP contribution in [0.3, 0.4) is 0 Å². The van der Waals surface area contributed by atoms with Crippen molar-refractivity contribution in [2.75, 3.05) is 20.1 Å². The Morgan fingerprint density at radius 3 is 1.92 bits per heavy atom. The number of sulfonamides is 1. The quantitative estimate of drug-likeness (QED) is 0.0219. The third kappa shape index (κ3) is 20.2. The summed E-state index contributed by atoms with van der Waals surface area (Å²) in [6.07, 6.45) is -1.15. The molecule has 0 saturated heterocycles. The number of alkyl carbamates (subject to hydrolysis) is 1. The molecular formula is C57H82N8O13S. The molecule has 0 spiro atoms. The van der Waals surface area contributed by atoms with Crippen LogP contribution in [-0.4, -0.2) is 122 Å². The van der Waals surface area contributed by atoms with Crippen LogP contribution < -0.4 is 36.5 Å². The van der Waals surface area contributed by atoms with Crippen LogP contribution in [-0.2, 0) is 72.4 Å². The summed E-state index contributed by atoms with van der Waals surface area (Å²) in [4.78, 5) is 102. The monoisotopic (exact) mass is 1120 g/mol. The van der Waals surface area contributed by atoms with Crippen LogP contribution in [0, 0.1) is 26.7 Å². The number of hydrogen-bond donors (Lipinski definition) is 6. The molecule has 1 aliphatic rings. The zero-order chi connectivity index (χ0) is 59.2. The average Bonchev–Trinajstić information content (AvgIpc) is 3.92. The van der Waals surface area contributed by atoms with E-state index in [1.54, 1.807) is 123 Å². The SMILES string of the molecule is Cc1c(C)c(S(=O)(=O)NC(N)=NCCC[C@H](NC(=O)[C@H](CC(C)C)N(C)C(=O)[C@@H](Cc2ccccc2)NC(=O)[C@H](CC(=O)OCc2ccccc2)NC(=O)OC(C)(C)C)C(=O)NCC(=O)OC(C)(C)C)c(C)c2c1OC(C)(C)C2. The highest BCUT2D eigenvalue weighted by Gasteiger charge is 2.39. The predicted octanol–water partition coefficient (Wildman–Crippen LogP) is 5.27. The van der Waals surface area contributed by atoms with E-state index in [0.717, 1.165) is 5.56 Å². The Kier molecular flexibility index (Phi) is 22.4. The van der Waals surface area contributed by atoms with Crippen molar-refractivity contribution in [3.63, 3.8) is 0 Å². The molecule has 0 radical (unpaired) electrons. The van der Waals surface area contributed by atoms with E-state index in [0.29, 0.717) is 40.0 Å². The van der Waals surface area contributed by atoms with Gasteiger partial charge in [-0.15, -0.1) is 0 Å². The van der Waals surface area contributed by atoms with Crippen LogP contribution in [0.2, 0.25) is 0 Å². The second-order valence-electron chi connectivity index (χ2n) is 22.8. The van der Waals surface area contributed by atoms with E-state index in [1.165, 1.54) is 11.9 Å². The van der Waals surface area contributed by atoms with Crippen molar-refractivity contribution in [1.82, 2.24) is 30.9 Å². The van der Waals surface area contributed by atoms with E-state index in [9.17, 15) is 42.0 Å². The van der Waals surface area contributed by atoms with E-state index >= 15 is 0 Å². The zero-order valence-electron chi connectivity index (χ0n) is 48.2. The summed E-state index contributed by atoms with van der Waals surface area (Å²) in [5, 5.41) is 10.4. The summed E-state index contributed by atoms with van der Waals surface area (Å²) < 4.78 is 52.5. The van der Waals surface area contributed by atoms with Crippen LogP contribution in [0.25, 0.3) is 0 Å². The van der Waals surface area contributed by atoms with Crippen molar-refractivity contribution >= 4 is 57.6 Å². The van der Waals surface area contributed by atoms with Crippen molar-refractivity contribution in [3.8, 4) is 5.75 Å². The van der Waals surface area contributed by atoms with Crippen molar-refractivity contribution < 1.29 is 60.9 Å². The minimum Gasteiger partial charge on any atom is -0.487 e. The number of fused-ring (bicyclic) bond motifs is 1. The fourth-order valence-corrected chi connectivity index (χ4v) is 10.3. The highest BCUT2D eigenvalue weighted by molar-refractivity contribution is 7.90. The fraction of sp³-hybridized carbons (Fsp3) is 0.544. The number of carbonyl (C=O) groups is 7. The number of ether oxygens (including phenoxy) is 4. The number of aliphatic imine (C=N–C) groups is 1. The topological polar surface area (TPSA) is 292 Å². The van der Waals surface area contributed by atoms with Crippen molar-refractivity contribution in [3.05, 3.63) is 94.0 Å². The maximum atomic E-state index is 14.8. The van der Waals surface area contributed by atoms with Gasteiger partial charge in [0, 0.05) is 32.0 Å².